The van der Waals surface area contributed by atoms with Crippen LogP contribution in [-0.4, -0.2) is 12.0 Å². The molecule has 0 radical (unpaired) electrons. The van der Waals surface area contributed by atoms with E-state index in [2.05, 4.69) is 34.7 Å². The fourth-order valence-electron chi connectivity index (χ4n) is 2.94. The fourth-order valence-corrected chi connectivity index (χ4v) is 3.25. The van der Waals surface area contributed by atoms with Crippen LogP contribution in [-0.2, 0) is 12.8 Å². The monoisotopic (exact) mass is 298 g/mol. The van der Waals surface area contributed by atoms with Gasteiger partial charge in [0.05, 0.1) is 11.4 Å². The zero-order valence-electron chi connectivity index (χ0n) is 11.5. The summed E-state index contributed by atoms with van der Waals surface area (Å²) in [7, 11) is 0. The van der Waals surface area contributed by atoms with Gasteiger partial charge in [-0.05, 0) is 40.1 Å². The van der Waals surface area contributed by atoms with E-state index in [0.717, 1.165) is 30.8 Å². The molecule has 2 aliphatic rings. The quantitative estimate of drug-likeness (QED) is 0.477. The van der Waals surface area contributed by atoms with Crippen molar-refractivity contribution in [3.8, 4) is 0 Å². The molecule has 0 bridgehead atoms. The number of rotatable bonds is 2. The van der Waals surface area contributed by atoms with Gasteiger partial charge in [-0.25, -0.2) is 10.0 Å². The lowest BCUT2D eigenvalue weighted by Gasteiger charge is -2.17. The molecule has 2 aromatic rings. The summed E-state index contributed by atoms with van der Waals surface area (Å²) in [6.45, 7) is 0.866. The molecule has 4 rings (SSSR count). The SMILES string of the molecule is ClC1Cc2ccccc2N1N=NN1CCc2ccccc21. The molecule has 1 unspecified atom stereocenters. The van der Waals surface area contributed by atoms with Crippen LogP contribution in [0.5, 0.6) is 0 Å². The molecule has 0 N–H and O–H groups in total. The van der Waals surface area contributed by atoms with E-state index >= 15 is 0 Å². The lowest BCUT2D eigenvalue weighted by Crippen LogP contribution is -2.22. The molecule has 2 aliphatic heterocycles. The second-order valence-electron chi connectivity index (χ2n) is 5.29. The summed E-state index contributed by atoms with van der Waals surface area (Å²) in [5, 5.41) is 12.5. The lowest BCUT2D eigenvalue weighted by atomic mass is 10.2. The van der Waals surface area contributed by atoms with Crippen LogP contribution in [0, 0.1) is 0 Å². The van der Waals surface area contributed by atoms with Crippen LogP contribution in [0.2, 0.25) is 0 Å². The maximum absolute atomic E-state index is 6.38. The van der Waals surface area contributed by atoms with Gasteiger partial charge in [0.15, 0.2) is 0 Å². The zero-order valence-corrected chi connectivity index (χ0v) is 12.2. The number of hydrogen-bond donors (Lipinski definition) is 0. The highest BCUT2D eigenvalue weighted by Crippen LogP contribution is 2.34. The minimum atomic E-state index is -0.163. The van der Waals surface area contributed by atoms with Gasteiger partial charge in [0, 0.05) is 13.0 Å². The summed E-state index contributed by atoms with van der Waals surface area (Å²) in [4.78, 5) is 0. The number of para-hydroxylation sites is 2. The highest BCUT2D eigenvalue weighted by molar-refractivity contribution is 6.22. The molecular weight excluding hydrogens is 284 g/mol. The van der Waals surface area contributed by atoms with Crippen LogP contribution in [0.3, 0.4) is 0 Å². The Morgan fingerprint density at radius 2 is 1.62 bits per heavy atom. The Bertz CT molecular complexity index is 700. The number of alkyl halides is 1. The lowest BCUT2D eigenvalue weighted by molar-refractivity contribution is 0.724. The largest absolute Gasteiger partial charge is 0.245 e. The molecule has 21 heavy (non-hydrogen) atoms. The number of anilines is 2. The molecule has 106 valence electrons. The molecule has 2 aromatic carbocycles. The van der Waals surface area contributed by atoms with Crippen molar-refractivity contribution in [3.63, 3.8) is 0 Å². The smallest absolute Gasteiger partial charge is 0.132 e. The summed E-state index contributed by atoms with van der Waals surface area (Å²) < 4.78 is 0. The standard InChI is InChI=1S/C16H15ClN4/c17-16-11-13-6-2-4-8-15(13)21(16)19-18-20-10-9-12-5-1-3-7-14(12)20/h1-8,16H,9-11H2. The van der Waals surface area contributed by atoms with Crippen molar-refractivity contribution in [2.75, 3.05) is 16.6 Å². The minimum absolute atomic E-state index is 0.163. The summed E-state index contributed by atoms with van der Waals surface area (Å²) in [6, 6.07) is 16.5. The summed E-state index contributed by atoms with van der Waals surface area (Å²) >= 11 is 6.38. The van der Waals surface area contributed by atoms with Crippen LogP contribution in [0.4, 0.5) is 11.4 Å². The first-order chi connectivity index (χ1) is 10.3. The summed E-state index contributed by atoms with van der Waals surface area (Å²) in [5.74, 6) is 0. The zero-order chi connectivity index (χ0) is 14.2. The number of hydrogen-bond acceptors (Lipinski definition) is 2. The summed E-state index contributed by atoms with van der Waals surface area (Å²) in [5.41, 5.74) is 4.57. The van der Waals surface area contributed by atoms with Crippen molar-refractivity contribution in [2.45, 2.75) is 18.3 Å². The summed E-state index contributed by atoms with van der Waals surface area (Å²) in [6.07, 6.45) is 1.81. The number of nitrogens with zero attached hydrogens (tertiary/aromatic N) is 4. The molecule has 0 saturated heterocycles. The fraction of sp³-hybridized carbons (Fsp3) is 0.250. The van der Waals surface area contributed by atoms with E-state index in [0.29, 0.717) is 0 Å². The van der Waals surface area contributed by atoms with Crippen molar-refractivity contribution >= 4 is 23.0 Å². The molecule has 0 aliphatic carbocycles. The van der Waals surface area contributed by atoms with Crippen LogP contribution < -0.4 is 10.0 Å². The number of benzene rings is 2. The second kappa shape index (κ2) is 5.04. The number of halogens is 1. The average Bonchev–Trinajstić information content (AvgIpc) is 3.06. The van der Waals surface area contributed by atoms with E-state index in [-0.39, 0.29) is 5.50 Å². The molecule has 0 amide bonds. The van der Waals surface area contributed by atoms with Crippen LogP contribution in [0.25, 0.3) is 0 Å². The van der Waals surface area contributed by atoms with Gasteiger partial charge in [0.1, 0.15) is 5.50 Å². The third-order valence-corrected chi connectivity index (χ3v) is 4.34. The normalized spacial score (nSPS) is 20.1. The van der Waals surface area contributed by atoms with Crippen molar-refractivity contribution < 1.29 is 0 Å². The second-order valence-corrected chi connectivity index (χ2v) is 5.80. The van der Waals surface area contributed by atoms with Gasteiger partial charge in [-0.2, -0.15) is 0 Å². The van der Waals surface area contributed by atoms with Crippen molar-refractivity contribution in [1.29, 1.82) is 0 Å². The van der Waals surface area contributed by atoms with Crippen LogP contribution in [0.1, 0.15) is 11.1 Å². The Balaban J connectivity index is 1.60. The molecule has 2 heterocycles. The van der Waals surface area contributed by atoms with Crippen LogP contribution in [0.15, 0.2) is 59.0 Å². The molecule has 1 atom stereocenters. The maximum Gasteiger partial charge on any atom is 0.132 e. The first-order valence-corrected chi connectivity index (χ1v) is 7.55. The van der Waals surface area contributed by atoms with Crippen molar-refractivity contribution in [1.82, 2.24) is 0 Å². The van der Waals surface area contributed by atoms with E-state index in [9.17, 15) is 0 Å². The molecule has 5 heteroatoms. The third-order valence-electron chi connectivity index (χ3n) is 4.00. The molecule has 0 spiro atoms. The Morgan fingerprint density at radius 3 is 2.48 bits per heavy atom. The highest BCUT2D eigenvalue weighted by Gasteiger charge is 2.28. The average molecular weight is 299 g/mol. The maximum atomic E-state index is 6.38. The van der Waals surface area contributed by atoms with Gasteiger partial charge in [-0.1, -0.05) is 48.0 Å². The highest BCUT2D eigenvalue weighted by atomic mass is 35.5. The predicted octanol–water partition coefficient (Wildman–Crippen LogP) is 3.96. The van der Waals surface area contributed by atoms with Gasteiger partial charge in [-0.3, -0.25) is 0 Å². The van der Waals surface area contributed by atoms with Crippen molar-refractivity contribution in [2.24, 2.45) is 10.4 Å². The van der Waals surface area contributed by atoms with Crippen molar-refractivity contribution in [3.05, 3.63) is 59.7 Å². The third kappa shape index (κ3) is 2.16. The molecular formula is C16H15ClN4. The van der Waals surface area contributed by atoms with E-state index in [1.54, 1.807) is 5.01 Å². The molecule has 0 aromatic heterocycles. The van der Waals surface area contributed by atoms with Gasteiger partial charge in [0.25, 0.3) is 0 Å². The van der Waals surface area contributed by atoms with E-state index in [1.807, 2.05) is 29.3 Å². The Morgan fingerprint density at radius 1 is 0.905 bits per heavy atom. The van der Waals surface area contributed by atoms with E-state index in [1.165, 1.54) is 11.1 Å². The minimum Gasteiger partial charge on any atom is -0.245 e. The van der Waals surface area contributed by atoms with Gasteiger partial charge in [-0.15, -0.1) is 0 Å². The van der Waals surface area contributed by atoms with E-state index in [4.69, 9.17) is 11.6 Å². The molecule has 0 fully saturated rings. The van der Waals surface area contributed by atoms with E-state index < -0.39 is 0 Å². The predicted molar refractivity (Wildman–Crippen MR) is 84.6 cm³/mol. The Labute approximate surface area is 128 Å². The Hall–Kier alpha value is -2.07. The van der Waals surface area contributed by atoms with Crippen LogP contribution >= 0.6 is 11.6 Å². The molecule has 0 saturated carbocycles. The number of fused-ring (bicyclic) bond motifs is 2. The first-order valence-electron chi connectivity index (χ1n) is 7.11. The van der Waals surface area contributed by atoms with Gasteiger partial charge >= 0.3 is 0 Å². The van der Waals surface area contributed by atoms with Gasteiger partial charge < -0.3 is 0 Å². The topological polar surface area (TPSA) is 31.2 Å². The Kier molecular flexibility index (Phi) is 3.04. The van der Waals surface area contributed by atoms with Gasteiger partial charge in [0.2, 0.25) is 0 Å². The molecule has 4 nitrogen and oxygen atoms in total. The first kappa shape index (κ1) is 12.7.